The van der Waals surface area contributed by atoms with Crippen molar-refractivity contribution in [1.29, 1.82) is 0 Å². The number of hydrogen-bond acceptors (Lipinski definition) is 3. The van der Waals surface area contributed by atoms with Crippen LogP contribution in [-0.2, 0) is 14.8 Å². The van der Waals surface area contributed by atoms with Crippen molar-refractivity contribution in [3.8, 4) is 0 Å². The van der Waals surface area contributed by atoms with Crippen LogP contribution >= 0.6 is 15.9 Å². The van der Waals surface area contributed by atoms with Crippen molar-refractivity contribution in [3.05, 3.63) is 58.8 Å². The average Bonchev–Trinajstić information content (AvgIpc) is 2.47. The molecule has 0 fully saturated rings. The van der Waals surface area contributed by atoms with Crippen molar-refractivity contribution in [2.24, 2.45) is 0 Å². The summed E-state index contributed by atoms with van der Waals surface area (Å²) in [6, 6.07) is 9.16. The van der Waals surface area contributed by atoms with Gasteiger partial charge >= 0.3 is 5.97 Å². The molecule has 0 saturated carbocycles. The molecule has 0 heterocycles. The monoisotopic (exact) mass is 401 g/mol. The average molecular weight is 402 g/mol. The molecular weight excluding hydrogens is 389 g/mol. The van der Waals surface area contributed by atoms with E-state index in [0.29, 0.717) is 8.78 Å². The van der Waals surface area contributed by atoms with Crippen LogP contribution in [0.15, 0.2) is 57.9 Å². The van der Waals surface area contributed by atoms with Crippen LogP contribution in [0, 0.1) is 5.82 Å². The van der Waals surface area contributed by atoms with Gasteiger partial charge in [-0.15, -0.1) is 0 Å². The first-order chi connectivity index (χ1) is 10.7. The van der Waals surface area contributed by atoms with Crippen molar-refractivity contribution >= 4 is 37.6 Å². The lowest BCUT2D eigenvalue weighted by atomic mass is 10.2. The predicted molar refractivity (Wildman–Crippen MR) is 87.3 cm³/mol. The normalized spacial score (nSPS) is 12.7. The summed E-state index contributed by atoms with van der Waals surface area (Å²) in [6.07, 6.45) is 0. The Hall–Kier alpha value is -1.93. The predicted octanol–water partition coefficient (Wildman–Crippen LogP) is 3.26. The number of aliphatic carboxylic acids is 1. The summed E-state index contributed by atoms with van der Waals surface area (Å²) in [4.78, 5) is 11.2. The molecule has 0 amide bonds. The molecule has 8 heteroatoms. The molecule has 0 saturated heterocycles. The largest absolute Gasteiger partial charge is 0.480 e. The van der Waals surface area contributed by atoms with Gasteiger partial charge < -0.3 is 5.11 Å². The molecule has 0 radical (unpaired) electrons. The second kappa shape index (κ2) is 6.67. The topological polar surface area (TPSA) is 74.7 Å². The van der Waals surface area contributed by atoms with E-state index in [1.807, 2.05) is 0 Å². The zero-order chi connectivity index (χ0) is 17.2. The van der Waals surface area contributed by atoms with Crippen LogP contribution in [0.3, 0.4) is 0 Å². The number of rotatable bonds is 5. The van der Waals surface area contributed by atoms with Gasteiger partial charge in [0.25, 0.3) is 10.0 Å². The molecule has 0 aliphatic carbocycles. The van der Waals surface area contributed by atoms with Gasteiger partial charge in [-0.25, -0.2) is 17.6 Å². The molecule has 0 spiro atoms. The van der Waals surface area contributed by atoms with Crippen molar-refractivity contribution < 1.29 is 22.7 Å². The van der Waals surface area contributed by atoms with E-state index >= 15 is 0 Å². The number of carboxylic acids is 1. The lowest BCUT2D eigenvalue weighted by molar-refractivity contribution is -0.137. The third-order valence-electron chi connectivity index (χ3n) is 3.14. The number of hydrogen-bond donors (Lipinski definition) is 1. The van der Waals surface area contributed by atoms with Gasteiger partial charge in [0.2, 0.25) is 0 Å². The van der Waals surface area contributed by atoms with Crippen molar-refractivity contribution in [1.82, 2.24) is 0 Å². The van der Waals surface area contributed by atoms with Crippen LogP contribution in [0.5, 0.6) is 0 Å². The molecule has 0 bridgehead atoms. The fourth-order valence-electron chi connectivity index (χ4n) is 2.00. The van der Waals surface area contributed by atoms with Crippen molar-refractivity contribution in [3.63, 3.8) is 0 Å². The smallest absolute Gasteiger partial charge is 0.327 e. The summed E-state index contributed by atoms with van der Waals surface area (Å²) >= 11 is 3.20. The quantitative estimate of drug-likeness (QED) is 0.833. The summed E-state index contributed by atoms with van der Waals surface area (Å²) in [7, 11) is -4.17. The molecule has 122 valence electrons. The highest BCUT2D eigenvalue weighted by Gasteiger charge is 2.33. The summed E-state index contributed by atoms with van der Waals surface area (Å²) in [5.74, 6) is -1.99. The highest BCUT2D eigenvalue weighted by atomic mass is 79.9. The molecule has 2 aromatic rings. The maximum absolute atomic E-state index is 13.5. The summed E-state index contributed by atoms with van der Waals surface area (Å²) in [5.41, 5.74) is -0.0529. The Morgan fingerprint density at radius 3 is 2.35 bits per heavy atom. The Kier molecular flexibility index (Phi) is 5.06. The van der Waals surface area contributed by atoms with Crippen molar-refractivity contribution in [2.45, 2.75) is 17.9 Å². The fraction of sp³-hybridized carbons (Fsp3) is 0.133. The lowest BCUT2D eigenvalue weighted by Crippen LogP contribution is -2.43. The number of carbonyl (C=O) groups is 1. The van der Waals surface area contributed by atoms with Crippen LogP contribution in [0.4, 0.5) is 10.1 Å². The molecule has 0 aliphatic heterocycles. The first-order valence-corrected chi connectivity index (χ1v) is 8.75. The molecular formula is C15H13BrFNO4S. The molecule has 0 aromatic heterocycles. The summed E-state index contributed by atoms with van der Waals surface area (Å²) in [5, 5.41) is 9.23. The van der Waals surface area contributed by atoms with Gasteiger partial charge in [-0.1, -0.05) is 22.0 Å². The molecule has 23 heavy (non-hydrogen) atoms. The fourth-order valence-corrected chi connectivity index (χ4v) is 3.87. The molecule has 1 atom stereocenters. The Bertz CT molecular complexity index is 824. The summed E-state index contributed by atoms with van der Waals surface area (Å²) < 4.78 is 40.5. The van der Waals surface area contributed by atoms with E-state index in [1.165, 1.54) is 43.3 Å². The Morgan fingerprint density at radius 2 is 1.83 bits per heavy atom. The highest BCUT2D eigenvalue weighted by molar-refractivity contribution is 9.10. The summed E-state index contributed by atoms with van der Waals surface area (Å²) in [6.45, 7) is 1.23. The van der Waals surface area contributed by atoms with Gasteiger partial charge in [0, 0.05) is 4.47 Å². The number of sulfonamides is 1. The van der Waals surface area contributed by atoms with E-state index < -0.39 is 27.9 Å². The third-order valence-corrected chi connectivity index (χ3v) is 5.58. The standard InChI is InChI=1S/C15H13BrFNO4S/c1-10(15(19)20)18(13-4-2-3-12(17)9-13)23(21,22)14-7-5-11(16)6-8-14/h2-10H,1H3,(H,19,20). The van der Waals surface area contributed by atoms with E-state index in [4.69, 9.17) is 0 Å². The van der Waals surface area contributed by atoms with E-state index in [-0.39, 0.29) is 10.6 Å². The van der Waals surface area contributed by atoms with Gasteiger partial charge in [-0.05, 0) is 49.4 Å². The lowest BCUT2D eigenvalue weighted by Gasteiger charge is -2.28. The zero-order valence-corrected chi connectivity index (χ0v) is 14.4. The van der Waals surface area contributed by atoms with Crippen LogP contribution in [0.25, 0.3) is 0 Å². The van der Waals surface area contributed by atoms with E-state index in [1.54, 1.807) is 0 Å². The maximum atomic E-state index is 13.5. The zero-order valence-electron chi connectivity index (χ0n) is 12.0. The first-order valence-electron chi connectivity index (χ1n) is 6.52. The number of carboxylic acid groups (broad SMARTS) is 1. The van der Waals surface area contributed by atoms with Gasteiger partial charge in [-0.2, -0.15) is 0 Å². The SMILES string of the molecule is CC(C(=O)O)N(c1cccc(F)c1)S(=O)(=O)c1ccc(Br)cc1. The number of nitrogens with zero attached hydrogens (tertiary/aromatic N) is 1. The van der Waals surface area contributed by atoms with Crippen LogP contribution in [0.2, 0.25) is 0 Å². The third kappa shape index (κ3) is 3.70. The first kappa shape index (κ1) is 17.4. The minimum atomic E-state index is -4.17. The van der Waals surface area contributed by atoms with Gasteiger partial charge in [-0.3, -0.25) is 4.31 Å². The Balaban J connectivity index is 2.61. The molecule has 5 nitrogen and oxygen atoms in total. The maximum Gasteiger partial charge on any atom is 0.327 e. The number of benzene rings is 2. The van der Waals surface area contributed by atoms with Crippen LogP contribution < -0.4 is 4.31 Å². The van der Waals surface area contributed by atoms with Gasteiger partial charge in [0.1, 0.15) is 11.9 Å². The highest BCUT2D eigenvalue weighted by Crippen LogP contribution is 2.27. The molecule has 2 rings (SSSR count). The van der Waals surface area contributed by atoms with Crippen LogP contribution in [0.1, 0.15) is 6.92 Å². The molecule has 1 unspecified atom stereocenters. The van der Waals surface area contributed by atoms with Gasteiger partial charge in [0.15, 0.2) is 0 Å². The minimum absolute atomic E-state index is 0.0529. The number of anilines is 1. The number of halogens is 2. The second-order valence-corrected chi connectivity index (χ2v) is 7.48. The van der Waals surface area contributed by atoms with Gasteiger partial charge in [0.05, 0.1) is 10.6 Å². The molecule has 2 aromatic carbocycles. The Labute approximate surface area is 141 Å². The van der Waals surface area contributed by atoms with E-state index in [0.717, 1.165) is 12.1 Å². The second-order valence-electron chi connectivity index (χ2n) is 4.75. The molecule has 1 N–H and O–H groups in total. The van der Waals surface area contributed by atoms with E-state index in [2.05, 4.69) is 15.9 Å². The molecule has 0 aliphatic rings. The van der Waals surface area contributed by atoms with Crippen LogP contribution in [-0.4, -0.2) is 25.5 Å². The minimum Gasteiger partial charge on any atom is -0.480 e. The van der Waals surface area contributed by atoms with E-state index in [9.17, 15) is 22.7 Å². The van der Waals surface area contributed by atoms with Crippen molar-refractivity contribution in [2.75, 3.05) is 4.31 Å². The Morgan fingerprint density at radius 1 is 1.22 bits per heavy atom.